The van der Waals surface area contributed by atoms with Crippen molar-refractivity contribution in [3.05, 3.63) is 42.0 Å². The van der Waals surface area contributed by atoms with Gasteiger partial charge in [-0.2, -0.15) is 0 Å². The lowest BCUT2D eigenvalue weighted by Gasteiger charge is -2.26. The van der Waals surface area contributed by atoms with Crippen LogP contribution in [0.25, 0.3) is 5.57 Å². The molecule has 0 nitrogen and oxygen atoms in total. The number of hydrogen-bond donors (Lipinski definition) is 0. The summed E-state index contributed by atoms with van der Waals surface area (Å²) < 4.78 is 0. The molecule has 19 heavy (non-hydrogen) atoms. The smallest absolute Gasteiger partial charge is 0.0231 e. The lowest BCUT2D eigenvalue weighted by atomic mass is 9.80. The Morgan fingerprint density at radius 1 is 1.21 bits per heavy atom. The molecule has 0 saturated heterocycles. The molecule has 1 fully saturated rings. The van der Waals surface area contributed by atoms with Crippen molar-refractivity contribution in [1.82, 2.24) is 0 Å². The summed E-state index contributed by atoms with van der Waals surface area (Å²) in [6.45, 7) is 8.52. The molecule has 0 aromatic heterocycles. The molecule has 1 aliphatic rings. The number of rotatable bonds is 5. The van der Waals surface area contributed by atoms with Crippen molar-refractivity contribution in [2.45, 2.75) is 58.8 Å². The molecule has 0 radical (unpaired) electrons. The van der Waals surface area contributed by atoms with Crippen LogP contribution >= 0.6 is 0 Å². The van der Waals surface area contributed by atoms with Gasteiger partial charge in [0.25, 0.3) is 0 Å². The molecule has 1 aliphatic carbocycles. The molecule has 0 heteroatoms. The highest BCUT2D eigenvalue weighted by atomic mass is 14.2. The molecular weight excluding hydrogens is 228 g/mol. The van der Waals surface area contributed by atoms with Gasteiger partial charge in [0.1, 0.15) is 0 Å². The highest BCUT2D eigenvalue weighted by Gasteiger charge is 2.17. The zero-order valence-corrected chi connectivity index (χ0v) is 12.6. The van der Waals surface area contributed by atoms with Crippen LogP contribution in [0.3, 0.4) is 0 Å². The van der Waals surface area contributed by atoms with Gasteiger partial charge in [0.2, 0.25) is 0 Å². The first kappa shape index (κ1) is 14.4. The van der Waals surface area contributed by atoms with Gasteiger partial charge in [-0.3, -0.25) is 0 Å². The van der Waals surface area contributed by atoms with E-state index in [4.69, 9.17) is 0 Å². The summed E-state index contributed by atoms with van der Waals surface area (Å²) in [7, 11) is 0. The zero-order valence-electron chi connectivity index (χ0n) is 12.6. The third-order valence-corrected chi connectivity index (χ3v) is 4.63. The fourth-order valence-electron chi connectivity index (χ4n) is 3.20. The Balaban J connectivity index is 1.76. The molecule has 0 atom stereocenters. The fraction of sp³-hybridized carbons (Fsp3) is 0.579. The molecule has 0 amide bonds. The summed E-state index contributed by atoms with van der Waals surface area (Å²) in [5, 5.41) is 0. The summed E-state index contributed by atoms with van der Waals surface area (Å²) in [5.74, 6) is 1.98. The average Bonchev–Trinajstić information content (AvgIpc) is 2.41. The number of aryl methyl sites for hydroxylation is 1. The van der Waals surface area contributed by atoms with E-state index in [1.54, 1.807) is 0 Å². The van der Waals surface area contributed by atoms with Crippen LogP contribution in [0.4, 0.5) is 0 Å². The van der Waals surface area contributed by atoms with Gasteiger partial charge >= 0.3 is 0 Å². The molecule has 0 aliphatic heterocycles. The first-order valence-corrected chi connectivity index (χ1v) is 7.90. The van der Waals surface area contributed by atoms with E-state index < -0.39 is 0 Å². The Morgan fingerprint density at radius 3 is 2.63 bits per heavy atom. The molecule has 0 spiro atoms. The van der Waals surface area contributed by atoms with Crippen LogP contribution in [0.2, 0.25) is 0 Å². The van der Waals surface area contributed by atoms with E-state index >= 15 is 0 Å². The third kappa shape index (κ3) is 4.53. The Labute approximate surface area is 118 Å². The molecule has 1 aromatic rings. The predicted molar refractivity (Wildman–Crippen MR) is 85.2 cm³/mol. The normalized spacial score (nSPS) is 23.3. The van der Waals surface area contributed by atoms with Crippen LogP contribution in [0.15, 0.2) is 30.8 Å². The number of benzene rings is 1. The lowest BCUT2D eigenvalue weighted by molar-refractivity contribution is 0.274. The number of allylic oxidation sites excluding steroid dienone is 1. The Morgan fingerprint density at radius 2 is 1.95 bits per heavy atom. The Bertz CT molecular complexity index is 408. The second kappa shape index (κ2) is 6.93. The van der Waals surface area contributed by atoms with Crippen LogP contribution in [0.5, 0.6) is 0 Å². The quantitative estimate of drug-likeness (QED) is 0.618. The molecule has 1 aromatic carbocycles. The van der Waals surface area contributed by atoms with Gasteiger partial charge < -0.3 is 0 Å². The maximum atomic E-state index is 4.03. The van der Waals surface area contributed by atoms with E-state index in [-0.39, 0.29) is 0 Å². The van der Waals surface area contributed by atoms with Gasteiger partial charge in [0.15, 0.2) is 0 Å². The third-order valence-electron chi connectivity index (χ3n) is 4.63. The van der Waals surface area contributed by atoms with Gasteiger partial charge in [0.05, 0.1) is 0 Å². The standard InChI is InChI=1S/C19H28/c1-15(2)19-9-5-8-18(14-19)7-4-6-17-12-10-16(3)11-13-17/h5,8-9,14,16-17H,1,4,6-7,10-13H2,2-3H3. The lowest BCUT2D eigenvalue weighted by Crippen LogP contribution is -2.12. The molecule has 0 unspecified atom stereocenters. The summed E-state index contributed by atoms with van der Waals surface area (Å²) in [5.41, 5.74) is 3.94. The summed E-state index contributed by atoms with van der Waals surface area (Å²) in [6, 6.07) is 8.90. The molecule has 0 bridgehead atoms. The van der Waals surface area contributed by atoms with E-state index in [9.17, 15) is 0 Å². The minimum absolute atomic E-state index is 0.975. The molecule has 104 valence electrons. The van der Waals surface area contributed by atoms with Gasteiger partial charge in [0, 0.05) is 0 Å². The highest BCUT2D eigenvalue weighted by Crippen LogP contribution is 2.31. The van der Waals surface area contributed by atoms with Crippen molar-refractivity contribution in [3.8, 4) is 0 Å². The first-order chi connectivity index (χ1) is 9.15. The van der Waals surface area contributed by atoms with E-state index in [0.29, 0.717) is 0 Å². The Hall–Kier alpha value is -1.04. The van der Waals surface area contributed by atoms with Crippen molar-refractivity contribution in [1.29, 1.82) is 0 Å². The summed E-state index contributed by atoms with van der Waals surface area (Å²) >= 11 is 0. The second-order valence-corrected chi connectivity index (χ2v) is 6.50. The van der Waals surface area contributed by atoms with Gasteiger partial charge in [-0.15, -0.1) is 0 Å². The molecule has 2 rings (SSSR count). The SMILES string of the molecule is C=C(C)c1cccc(CCCC2CCC(C)CC2)c1. The topological polar surface area (TPSA) is 0 Å². The summed E-state index contributed by atoms with van der Waals surface area (Å²) in [6.07, 6.45) is 9.83. The second-order valence-electron chi connectivity index (χ2n) is 6.50. The van der Waals surface area contributed by atoms with Crippen LogP contribution in [0, 0.1) is 11.8 Å². The van der Waals surface area contributed by atoms with Crippen LogP contribution < -0.4 is 0 Å². The van der Waals surface area contributed by atoms with Crippen molar-refractivity contribution >= 4 is 5.57 Å². The molecule has 0 heterocycles. The minimum atomic E-state index is 0.975. The van der Waals surface area contributed by atoms with Gasteiger partial charge in [-0.05, 0) is 42.7 Å². The van der Waals surface area contributed by atoms with Crippen LogP contribution in [0.1, 0.15) is 63.5 Å². The maximum Gasteiger partial charge on any atom is -0.0231 e. The van der Waals surface area contributed by atoms with E-state index in [1.165, 1.54) is 61.6 Å². The van der Waals surface area contributed by atoms with E-state index in [1.807, 2.05) is 0 Å². The van der Waals surface area contributed by atoms with Crippen molar-refractivity contribution in [2.75, 3.05) is 0 Å². The maximum absolute atomic E-state index is 4.03. The van der Waals surface area contributed by atoms with Crippen molar-refractivity contribution in [2.24, 2.45) is 11.8 Å². The largest absolute Gasteiger partial charge is 0.0955 e. The number of hydrogen-bond acceptors (Lipinski definition) is 0. The van der Waals surface area contributed by atoms with E-state index in [2.05, 4.69) is 44.7 Å². The van der Waals surface area contributed by atoms with Crippen molar-refractivity contribution < 1.29 is 0 Å². The minimum Gasteiger partial charge on any atom is -0.0955 e. The molecule has 0 N–H and O–H groups in total. The van der Waals surface area contributed by atoms with Crippen molar-refractivity contribution in [3.63, 3.8) is 0 Å². The fourth-order valence-corrected chi connectivity index (χ4v) is 3.20. The van der Waals surface area contributed by atoms with Crippen LogP contribution in [-0.2, 0) is 6.42 Å². The van der Waals surface area contributed by atoms with Gasteiger partial charge in [-0.25, -0.2) is 0 Å². The zero-order chi connectivity index (χ0) is 13.7. The summed E-state index contributed by atoms with van der Waals surface area (Å²) in [4.78, 5) is 0. The van der Waals surface area contributed by atoms with E-state index in [0.717, 1.165) is 11.8 Å². The molecular formula is C19H28. The first-order valence-electron chi connectivity index (χ1n) is 7.90. The highest BCUT2D eigenvalue weighted by molar-refractivity contribution is 5.61. The molecule has 1 saturated carbocycles. The predicted octanol–water partition coefficient (Wildman–Crippen LogP) is 5.87. The average molecular weight is 256 g/mol. The van der Waals surface area contributed by atoms with Gasteiger partial charge in [-0.1, -0.05) is 75.4 Å². The monoisotopic (exact) mass is 256 g/mol. The Kier molecular flexibility index (Phi) is 5.24. The van der Waals surface area contributed by atoms with Crippen LogP contribution in [-0.4, -0.2) is 0 Å².